The third-order valence-corrected chi connectivity index (χ3v) is 7.74. The third-order valence-electron chi connectivity index (χ3n) is 7.24. The number of rotatable bonds is 14. The SMILES string of the molecule is CCCOc1cc(C(O)(CCN(C)C)C(c2cc3cc(Br)ccc3nc2OC)c2ccnc(OC)c2OC)cc(OC)n1. The van der Waals surface area contributed by atoms with E-state index >= 15 is 0 Å². The number of nitrogens with zero attached hydrogens (tertiary/aromatic N) is 4. The molecule has 0 radical (unpaired) electrons. The predicted molar refractivity (Wildman–Crippen MR) is 169 cm³/mol. The van der Waals surface area contributed by atoms with Crippen LogP contribution in [0.1, 0.15) is 42.4 Å². The summed E-state index contributed by atoms with van der Waals surface area (Å²) in [5.74, 6) is 0.927. The summed E-state index contributed by atoms with van der Waals surface area (Å²) >= 11 is 3.58. The highest BCUT2D eigenvalue weighted by molar-refractivity contribution is 9.10. The third kappa shape index (κ3) is 6.95. The first-order valence-corrected chi connectivity index (χ1v) is 14.8. The minimum Gasteiger partial charge on any atom is -0.491 e. The summed E-state index contributed by atoms with van der Waals surface area (Å²) in [6.45, 7) is 3.03. The van der Waals surface area contributed by atoms with Crippen molar-refractivity contribution in [3.05, 3.63) is 69.8 Å². The maximum atomic E-state index is 13.2. The van der Waals surface area contributed by atoms with E-state index in [2.05, 4.69) is 25.9 Å². The van der Waals surface area contributed by atoms with Gasteiger partial charge in [-0.3, -0.25) is 0 Å². The average molecular weight is 656 g/mol. The Bertz CT molecular complexity index is 1550. The van der Waals surface area contributed by atoms with Crippen LogP contribution in [-0.2, 0) is 5.60 Å². The molecule has 3 heterocycles. The first kappa shape index (κ1) is 32.2. The number of aliphatic hydroxyl groups is 1. The number of hydrogen-bond donors (Lipinski definition) is 1. The van der Waals surface area contributed by atoms with Crippen LogP contribution in [-0.4, -0.2) is 80.6 Å². The van der Waals surface area contributed by atoms with Crippen LogP contribution in [0, 0.1) is 0 Å². The number of hydrogen-bond acceptors (Lipinski definition) is 10. The lowest BCUT2D eigenvalue weighted by Crippen LogP contribution is -2.38. The highest BCUT2D eigenvalue weighted by Gasteiger charge is 2.45. The van der Waals surface area contributed by atoms with Crippen LogP contribution in [0.4, 0.5) is 0 Å². The molecule has 0 spiro atoms. The molecule has 1 N–H and O–H groups in total. The van der Waals surface area contributed by atoms with Crippen molar-refractivity contribution < 1.29 is 28.8 Å². The van der Waals surface area contributed by atoms with E-state index in [1.807, 2.05) is 56.3 Å². The summed E-state index contributed by atoms with van der Waals surface area (Å²) in [5, 5.41) is 14.1. The van der Waals surface area contributed by atoms with Gasteiger partial charge in [0, 0.05) is 45.9 Å². The minimum absolute atomic E-state index is 0.287. The van der Waals surface area contributed by atoms with Crippen LogP contribution in [0.2, 0.25) is 0 Å². The molecule has 10 nitrogen and oxygen atoms in total. The van der Waals surface area contributed by atoms with E-state index in [-0.39, 0.29) is 5.88 Å². The minimum atomic E-state index is -1.58. The Hall–Kier alpha value is -3.67. The molecular weight excluding hydrogens is 616 g/mol. The van der Waals surface area contributed by atoms with Gasteiger partial charge >= 0.3 is 0 Å². The summed E-state index contributed by atoms with van der Waals surface area (Å²) in [6.07, 6.45) is 2.74. The first-order valence-electron chi connectivity index (χ1n) is 14.0. The Balaban J connectivity index is 2.12. The molecule has 2 atom stereocenters. The van der Waals surface area contributed by atoms with Crippen molar-refractivity contribution in [1.82, 2.24) is 19.9 Å². The molecule has 0 bridgehead atoms. The molecule has 1 aromatic carbocycles. The summed E-state index contributed by atoms with van der Waals surface area (Å²) in [7, 11) is 10.1. The molecule has 3 aromatic heterocycles. The number of aromatic nitrogens is 3. The molecule has 230 valence electrons. The van der Waals surface area contributed by atoms with Gasteiger partial charge in [-0.25, -0.2) is 9.97 Å². The lowest BCUT2D eigenvalue weighted by atomic mass is 9.71. The van der Waals surface area contributed by atoms with Crippen molar-refractivity contribution >= 4 is 26.8 Å². The summed E-state index contributed by atoms with van der Waals surface area (Å²) in [5.41, 5.74) is 0.995. The highest BCUT2D eigenvalue weighted by atomic mass is 79.9. The van der Waals surface area contributed by atoms with Gasteiger partial charge in [0.1, 0.15) is 5.60 Å². The molecule has 0 aliphatic rings. The van der Waals surface area contributed by atoms with Crippen molar-refractivity contribution in [2.75, 3.05) is 55.7 Å². The number of halogens is 1. The molecule has 4 rings (SSSR count). The number of fused-ring (bicyclic) bond motifs is 1. The van der Waals surface area contributed by atoms with Crippen molar-refractivity contribution in [3.8, 4) is 29.3 Å². The number of ether oxygens (including phenoxy) is 5. The van der Waals surface area contributed by atoms with Gasteiger partial charge in [0.2, 0.25) is 17.6 Å². The molecule has 0 aliphatic heterocycles. The van der Waals surface area contributed by atoms with E-state index in [0.29, 0.717) is 59.7 Å². The Labute approximate surface area is 261 Å². The topological polar surface area (TPSA) is 108 Å². The van der Waals surface area contributed by atoms with E-state index in [1.165, 1.54) is 14.2 Å². The average Bonchev–Trinajstić information content (AvgIpc) is 3.02. The maximum absolute atomic E-state index is 13.2. The molecule has 43 heavy (non-hydrogen) atoms. The van der Waals surface area contributed by atoms with Crippen LogP contribution in [0.15, 0.2) is 53.1 Å². The van der Waals surface area contributed by atoms with Gasteiger partial charge in [0.25, 0.3) is 5.88 Å². The zero-order chi connectivity index (χ0) is 31.1. The second-order valence-corrected chi connectivity index (χ2v) is 11.3. The lowest BCUT2D eigenvalue weighted by molar-refractivity contribution is 0.00258. The Morgan fingerprint density at radius 3 is 2.28 bits per heavy atom. The molecule has 0 aliphatic carbocycles. The first-order chi connectivity index (χ1) is 20.7. The second kappa shape index (κ2) is 14.2. The maximum Gasteiger partial charge on any atom is 0.257 e. The Morgan fingerprint density at radius 2 is 1.63 bits per heavy atom. The fourth-order valence-corrected chi connectivity index (χ4v) is 5.56. The Kier molecular flexibility index (Phi) is 10.6. The molecule has 0 fully saturated rings. The summed E-state index contributed by atoms with van der Waals surface area (Å²) < 4.78 is 29.8. The highest BCUT2D eigenvalue weighted by Crippen LogP contribution is 2.51. The standard InChI is InChI=1S/C32H39BrN4O6/c1-8-15-43-27-19-21(18-26(36-27)39-4)32(38,12-14-37(2)3)28(23-11-13-34-31(42-7)29(23)40-5)24-17-20-16-22(33)9-10-25(20)35-30(24)41-6/h9-11,13,16-19,28,38H,8,12,14-15H2,1-7H3. The fraction of sp³-hybridized carbons (Fsp3) is 0.406. The van der Waals surface area contributed by atoms with Gasteiger partial charge < -0.3 is 33.7 Å². The van der Waals surface area contributed by atoms with E-state index < -0.39 is 11.5 Å². The molecule has 0 saturated carbocycles. The van der Waals surface area contributed by atoms with Gasteiger partial charge in [0.05, 0.1) is 46.5 Å². The monoisotopic (exact) mass is 654 g/mol. The second-order valence-electron chi connectivity index (χ2n) is 10.4. The van der Waals surface area contributed by atoms with Gasteiger partial charge in [-0.05, 0) is 62.8 Å². The molecule has 0 amide bonds. The summed E-state index contributed by atoms with van der Waals surface area (Å²) in [4.78, 5) is 15.7. The molecular formula is C32H39BrN4O6. The quantitative estimate of drug-likeness (QED) is 0.185. The fourth-order valence-electron chi connectivity index (χ4n) is 5.18. The largest absolute Gasteiger partial charge is 0.491 e. The van der Waals surface area contributed by atoms with Crippen molar-refractivity contribution in [2.24, 2.45) is 0 Å². The molecule has 2 unspecified atom stereocenters. The van der Waals surface area contributed by atoms with E-state index in [1.54, 1.807) is 32.5 Å². The lowest BCUT2D eigenvalue weighted by Gasteiger charge is -2.39. The van der Waals surface area contributed by atoms with Crippen LogP contribution < -0.4 is 23.7 Å². The van der Waals surface area contributed by atoms with Gasteiger partial charge in [-0.1, -0.05) is 22.9 Å². The normalized spacial score (nSPS) is 13.4. The number of pyridine rings is 3. The van der Waals surface area contributed by atoms with E-state index in [4.69, 9.17) is 28.7 Å². The zero-order valence-electron chi connectivity index (χ0n) is 25.7. The van der Waals surface area contributed by atoms with Gasteiger partial charge in [0.15, 0.2) is 5.75 Å². The molecule has 0 saturated heterocycles. The smallest absolute Gasteiger partial charge is 0.257 e. The van der Waals surface area contributed by atoms with Crippen LogP contribution >= 0.6 is 15.9 Å². The van der Waals surface area contributed by atoms with Crippen molar-refractivity contribution in [2.45, 2.75) is 31.3 Å². The van der Waals surface area contributed by atoms with E-state index in [0.717, 1.165) is 21.8 Å². The summed E-state index contributed by atoms with van der Waals surface area (Å²) in [6, 6.07) is 13.2. The number of methoxy groups -OCH3 is 4. The molecule has 4 aromatic rings. The molecule has 11 heteroatoms. The Morgan fingerprint density at radius 1 is 0.884 bits per heavy atom. The number of benzene rings is 1. The predicted octanol–water partition coefficient (Wildman–Crippen LogP) is 5.58. The van der Waals surface area contributed by atoms with Crippen LogP contribution in [0.5, 0.6) is 29.3 Å². The van der Waals surface area contributed by atoms with Gasteiger partial charge in [-0.2, -0.15) is 4.98 Å². The van der Waals surface area contributed by atoms with Crippen LogP contribution in [0.3, 0.4) is 0 Å². The van der Waals surface area contributed by atoms with Gasteiger partial charge in [-0.15, -0.1) is 0 Å². The van der Waals surface area contributed by atoms with E-state index in [9.17, 15) is 5.11 Å². The van der Waals surface area contributed by atoms with Crippen molar-refractivity contribution in [3.63, 3.8) is 0 Å². The van der Waals surface area contributed by atoms with Crippen LogP contribution in [0.25, 0.3) is 10.9 Å². The zero-order valence-corrected chi connectivity index (χ0v) is 27.3. The van der Waals surface area contributed by atoms with Crippen molar-refractivity contribution in [1.29, 1.82) is 0 Å².